The number of aryl methyl sites for hydroxylation is 2. The van der Waals surface area contributed by atoms with Crippen LogP contribution in [0.5, 0.6) is 5.75 Å². The van der Waals surface area contributed by atoms with Gasteiger partial charge in [0.15, 0.2) is 11.3 Å². The summed E-state index contributed by atoms with van der Waals surface area (Å²) in [4.78, 5) is 20.0. The van der Waals surface area contributed by atoms with Crippen molar-refractivity contribution in [1.82, 2.24) is 19.6 Å². The highest BCUT2D eigenvalue weighted by Gasteiger charge is 2.16. The van der Waals surface area contributed by atoms with Gasteiger partial charge in [-0.2, -0.15) is 0 Å². The van der Waals surface area contributed by atoms with Crippen LogP contribution in [0.25, 0.3) is 16.9 Å². The van der Waals surface area contributed by atoms with Crippen molar-refractivity contribution >= 4 is 5.52 Å². The van der Waals surface area contributed by atoms with E-state index in [1.165, 1.54) is 0 Å². The van der Waals surface area contributed by atoms with Gasteiger partial charge in [-0.05, 0) is 38.0 Å². The van der Waals surface area contributed by atoms with E-state index in [2.05, 4.69) is 22.0 Å². The zero-order valence-corrected chi connectivity index (χ0v) is 14.8. The van der Waals surface area contributed by atoms with Crippen molar-refractivity contribution in [3.05, 3.63) is 45.6 Å². The molecular formula is C18H23N5O2. The molecule has 0 radical (unpaired) electrons. The Bertz CT molecular complexity index is 958. The molecule has 7 nitrogen and oxygen atoms in total. The SMILES string of the molecule is CCCc1nc(C)c2c(=O)[nH]c(-c3cc(CN)ccc3OCC)nn12. The lowest BCUT2D eigenvalue weighted by atomic mass is 10.1. The highest BCUT2D eigenvalue weighted by atomic mass is 16.5. The first-order chi connectivity index (χ1) is 12.1. The van der Waals surface area contributed by atoms with Gasteiger partial charge < -0.3 is 15.5 Å². The number of aromatic nitrogens is 4. The summed E-state index contributed by atoms with van der Waals surface area (Å²) in [6, 6.07) is 5.67. The second kappa shape index (κ2) is 7.06. The first-order valence-electron chi connectivity index (χ1n) is 8.53. The van der Waals surface area contributed by atoms with Gasteiger partial charge in [0.2, 0.25) is 0 Å². The summed E-state index contributed by atoms with van der Waals surface area (Å²) in [6.45, 7) is 6.73. The average molecular weight is 341 g/mol. The maximum Gasteiger partial charge on any atom is 0.277 e. The number of H-pyrrole nitrogens is 1. The first kappa shape index (κ1) is 17.2. The quantitative estimate of drug-likeness (QED) is 0.716. The fourth-order valence-corrected chi connectivity index (χ4v) is 2.91. The maximum atomic E-state index is 12.6. The van der Waals surface area contributed by atoms with Crippen LogP contribution < -0.4 is 16.0 Å². The van der Waals surface area contributed by atoms with E-state index >= 15 is 0 Å². The van der Waals surface area contributed by atoms with Crippen molar-refractivity contribution in [2.45, 2.75) is 40.2 Å². The Balaban J connectivity index is 2.25. The predicted octanol–water partition coefficient (Wildman–Crippen LogP) is 2.20. The first-order valence-corrected chi connectivity index (χ1v) is 8.53. The molecule has 1 aromatic carbocycles. The van der Waals surface area contributed by atoms with Gasteiger partial charge in [-0.25, -0.2) is 9.50 Å². The van der Waals surface area contributed by atoms with Crippen molar-refractivity contribution in [2.75, 3.05) is 6.61 Å². The van der Waals surface area contributed by atoms with E-state index in [1.54, 1.807) is 4.52 Å². The Morgan fingerprint density at radius 3 is 2.80 bits per heavy atom. The van der Waals surface area contributed by atoms with Gasteiger partial charge in [0, 0.05) is 13.0 Å². The lowest BCUT2D eigenvalue weighted by molar-refractivity contribution is 0.341. The lowest BCUT2D eigenvalue weighted by Gasteiger charge is -2.11. The molecule has 25 heavy (non-hydrogen) atoms. The molecule has 3 rings (SSSR count). The molecule has 0 atom stereocenters. The minimum absolute atomic E-state index is 0.210. The van der Waals surface area contributed by atoms with Gasteiger partial charge in [-0.1, -0.05) is 13.0 Å². The van der Waals surface area contributed by atoms with E-state index in [-0.39, 0.29) is 5.56 Å². The van der Waals surface area contributed by atoms with Crippen LogP contribution in [0, 0.1) is 6.92 Å². The minimum Gasteiger partial charge on any atom is -0.493 e. The van der Waals surface area contributed by atoms with Gasteiger partial charge in [0.25, 0.3) is 5.56 Å². The summed E-state index contributed by atoms with van der Waals surface area (Å²) in [5.41, 5.74) is 8.38. The smallest absolute Gasteiger partial charge is 0.277 e. The lowest BCUT2D eigenvalue weighted by Crippen LogP contribution is -2.16. The number of hydrogen-bond acceptors (Lipinski definition) is 5. The van der Waals surface area contributed by atoms with Crippen LogP contribution in [-0.4, -0.2) is 26.2 Å². The van der Waals surface area contributed by atoms with Crippen molar-refractivity contribution in [3.8, 4) is 17.1 Å². The van der Waals surface area contributed by atoms with Gasteiger partial charge >= 0.3 is 0 Å². The van der Waals surface area contributed by atoms with Crippen LogP contribution in [0.2, 0.25) is 0 Å². The van der Waals surface area contributed by atoms with Crippen LogP contribution in [0.15, 0.2) is 23.0 Å². The van der Waals surface area contributed by atoms with Crippen molar-refractivity contribution in [2.24, 2.45) is 5.73 Å². The van der Waals surface area contributed by atoms with Crippen molar-refractivity contribution in [1.29, 1.82) is 0 Å². The van der Waals surface area contributed by atoms with Crippen LogP contribution in [0.4, 0.5) is 0 Å². The molecule has 132 valence electrons. The minimum atomic E-state index is -0.210. The van der Waals surface area contributed by atoms with Crippen LogP contribution in [0.1, 0.15) is 37.4 Å². The third kappa shape index (κ3) is 3.15. The Hall–Kier alpha value is -2.67. The second-order valence-electron chi connectivity index (χ2n) is 5.89. The van der Waals surface area contributed by atoms with Crippen molar-refractivity contribution < 1.29 is 4.74 Å². The number of imidazole rings is 1. The van der Waals surface area contributed by atoms with Gasteiger partial charge in [-0.15, -0.1) is 5.10 Å². The number of fused-ring (bicyclic) bond motifs is 1. The van der Waals surface area contributed by atoms with E-state index in [0.29, 0.717) is 35.9 Å². The predicted molar refractivity (Wildman–Crippen MR) is 96.8 cm³/mol. The summed E-state index contributed by atoms with van der Waals surface area (Å²) < 4.78 is 7.35. The molecule has 2 heterocycles. The third-order valence-electron chi connectivity index (χ3n) is 4.05. The number of nitrogens with two attached hydrogens (primary N) is 1. The molecule has 3 aromatic rings. The molecule has 0 aliphatic heterocycles. The number of nitrogens with one attached hydrogen (secondary N) is 1. The maximum absolute atomic E-state index is 12.6. The summed E-state index contributed by atoms with van der Waals surface area (Å²) in [5, 5.41) is 4.64. The number of aromatic amines is 1. The molecule has 0 unspecified atom stereocenters. The second-order valence-corrected chi connectivity index (χ2v) is 5.89. The average Bonchev–Trinajstić information content (AvgIpc) is 2.92. The van der Waals surface area contributed by atoms with Gasteiger partial charge in [0.05, 0.1) is 17.9 Å². The van der Waals surface area contributed by atoms with Crippen LogP contribution in [0.3, 0.4) is 0 Å². The Labute approximate surface area is 145 Å². The Morgan fingerprint density at radius 1 is 1.32 bits per heavy atom. The topological polar surface area (TPSA) is 98.3 Å². The molecule has 0 saturated heterocycles. The highest BCUT2D eigenvalue weighted by molar-refractivity contribution is 5.66. The fraction of sp³-hybridized carbons (Fsp3) is 0.389. The molecule has 0 amide bonds. The molecule has 0 spiro atoms. The number of benzene rings is 1. The Morgan fingerprint density at radius 2 is 2.12 bits per heavy atom. The largest absolute Gasteiger partial charge is 0.493 e. The molecule has 0 bridgehead atoms. The third-order valence-corrected chi connectivity index (χ3v) is 4.05. The Kier molecular flexibility index (Phi) is 4.85. The molecule has 0 aliphatic carbocycles. The number of rotatable bonds is 6. The van der Waals surface area contributed by atoms with Crippen LogP contribution >= 0.6 is 0 Å². The number of nitrogens with zero attached hydrogens (tertiary/aromatic N) is 3. The van der Waals surface area contributed by atoms with E-state index in [4.69, 9.17) is 10.5 Å². The van der Waals surface area contributed by atoms with E-state index < -0.39 is 0 Å². The zero-order chi connectivity index (χ0) is 18.0. The number of hydrogen-bond donors (Lipinski definition) is 2. The molecule has 7 heteroatoms. The van der Waals surface area contributed by atoms with E-state index in [0.717, 1.165) is 29.8 Å². The molecule has 0 saturated carbocycles. The number of ether oxygens (including phenoxy) is 1. The monoisotopic (exact) mass is 341 g/mol. The van der Waals surface area contributed by atoms with Crippen molar-refractivity contribution in [3.63, 3.8) is 0 Å². The molecule has 2 aromatic heterocycles. The highest BCUT2D eigenvalue weighted by Crippen LogP contribution is 2.28. The molecular weight excluding hydrogens is 318 g/mol. The summed E-state index contributed by atoms with van der Waals surface area (Å²) in [5.74, 6) is 1.90. The normalized spacial score (nSPS) is 11.2. The summed E-state index contributed by atoms with van der Waals surface area (Å²) in [6.07, 6.45) is 1.68. The van der Waals surface area contributed by atoms with E-state index in [1.807, 2.05) is 32.0 Å². The fourth-order valence-electron chi connectivity index (χ4n) is 2.91. The van der Waals surface area contributed by atoms with Gasteiger partial charge in [0.1, 0.15) is 11.6 Å². The molecule has 0 fully saturated rings. The zero-order valence-electron chi connectivity index (χ0n) is 14.8. The summed E-state index contributed by atoms with van der Waals surface area (Å²) >= 11 is 0. The molecule has 3 N–H and O–H groups in total. The van der Waals surface area contributed by atoms with Gasteiger partial charge in [-0.3, -0.25) is 4.79 Å². The standard InChI is InChI=1S/C18H23N5O2/c1-4-6-15-20-11(3)16-18(24)21-17(22-23(15)16)13-9-12(10-19)7-8-14(13)25-5-2/h7-9H,4-6,10,19H2,1-3H3,(H,21,22,24). The summed E-state index contributed by atoms with van der Waals surface area (Å²) in [7, 11) is 0. The van der Waals surface area contributed by atoms with Crippen LogP contribution in [-0.2, 0) is 13.0 Å². The molecule has 0 aliphatic rings. The van der Waals surface area contributed by atoms with E-state index in [9.17, 15) is 4.79 Å².